The Balaban J connectivity index is 2.39. The molecule has 1 N–H and O–H groups in total. The van der Waals surface area contributed by atoms with E-state index in [1.165, 1.54) is 0 Å². The van der Waals surface area contributed by atoms with E-state index in [1.807, 2.05) is 31.2 Å². The number of hydrogen-bond donors (Lipinski definition) is 1. The van der Waals surface area contributed by atoms with Crippen molar-refractivity contribution in [3.63, 3.8) is 0 Å². The highest BCUT2D eigenvalue weighted by molar-refractivity contribution is 6.30. The van der Waals surface area contributed by atoms with Gasteiger partial charge in [-0.3, -0.25) is 0 Å². The number of ether oxygens (including phenoxy) is 1. The van der Waals surface area contributed by atoms with Crippen molar-refractivity contribution in [3.05, 3.63) is 29.3 Å². The Hall–Kier alpha value is -0.770. The first-order valence-electron chi connectivity index (χ1n) is 5.76. The lowest BCUT2D eigenvalue weighted by atomic mass is 9.97. The smallest absolute Gasteiger partial charge is 0.174 e. The van der Waals surface area contributed by atoms with E-state index in [4.69, 9.17) is 16.3 Å². The number of halogens is 1. The average Bonchev–Trinajstić information content (AvgIpc) is 2.24. The molecule has 1 saturated heterocycles. The minimum Gasteiger partial charge on any atom is -0.366 e. The van der Waals surface area contributed by atoms with Crippen LogP contribution in [-0.2, 0) is 4.74 Å². The van der Waals surface area contributed by atoms with Crippen molar-refractivity contribution < 1.29 is 9.84 Å². The van der Waals surface area contributed by atoms with Gasteiger partial charge in [0.2, 0.25) is 0 Å². The number of aliphatic hydroxyl groups is 1. The Morgan fingerprint density at radius 1 is 1.47 bits per heavy atom. The molecule has 2 rings (SSSR count). The van der Waals surface area contributed by atoms with Crippen LogP contribution in [0, 0.1) is 0 Å². The van der Waals surface area contributed by atoms with Gasteiger partial charge in [-0.1, -0.05) is 17.7 Å². The lowest BCUT2D eigenvalue weighted by Crippen LogP contribution is -2.61. The van der Waals surface area contributed by atoms with Crippen LogP contribution in [0.2, 0.25) is 5.02 Å². The van der Waals surface area contributed by atoms with Gasteiger partial charge in [-0.05, 0) is 39.0 Å². The summed E-state index contributed by atoms with van der Waals surface area (Å²) in [7, 11) is 0. The number of nitrogens with zero attached hydrogens (tertiary/aromatic N) is 1. The lowest BCUT2D eigenvalue weighted by Gasteiger charge is -2.49. The first-order chi connectivity index (χ1) is 7.92. The van der Waals surface area contributed by atoms with Crippen molar-refractivity contribution >= 4 is 17.3 Å². The highest BCUT2D eigenvalue weighted by Crippen LogP contribution is 2.33. The van der Waals surface area contributed by atoms with Gasteiger partial charge in [0.15, 0.2) is 6.29 Å². The molecule has 0 amide bonds. The first-order valence-corrected chi connectivity index (χ1v) is 6.14. The fourth-order valence-electron chi connectivity index (χ4n) is 2.39. The van der Waals surface area contributed by atoms with Crippen LogP contribution >= 0.6 is 11.6 Å². The molecule has 1 aromatic rings. The molecule has 94 valence electrons. The summed E-state index contributed by atoms with van der Waals surface area (Å²) in [6, 6.07) is 7.58. The summed E-state index contributed by atoms with van der Waals surface area (Å²) in [5.41, 5.74) is 0.848. The Labute approximate surface area is 107 Å². The fourth-order valence-corrected chi connectivity index (χ4v) is 2.57. The zero-order valence-electron chi connectivity index (χ0n) is 10.4. The number of morpholine rings is 1. The van der Waals surface area contributed by atoms with Crippen molar-refractivity contribution in [1.29, 1.82) is 0 Å². The third kappa shape index (κ3) is 2.41. The van der Waals surface area contributed by atoms with Crippen molar-refractivity contribution in [3.8, 4) is 0 Å². The second kappa shape index (κ2) is 4.48. The molecule has 0 aromatic heterocycles. The van der Waals surface area contributed by atoms with Crippen LogP contribution in [0.3, 0.4) is 0 Å². The van der Waals surface area contributed by atoms with E-state index in [9.17, 15) is 5.11 Å². The monoisotopic (exact) mass is 255 g/mol. The topological polar surface area (TPSA) is 32.7 Å². The van der Waals surface area contributed by atoms with Gasteiger partial charge in [0.05, 0.1) is 18.2 Å². The molecule has 0 bridgehead atoms. The molecule has 1 fully saturated rings. The quantitative estimate of drug-likeness (QED) is 0.838. The van der Waals surface area contributed by atoms with Crippen molar-refractivity contribution in [2.45, 2.75) is 38.6 Å². The van der Waals surface area contributed by atoms with E-state index in [0.29, 0.717) is 11.6 Å². The Kier molecular flexibility index (Phi) is 3.34. The maximum absolute atomic E-state index is 9.81. The zero-order valence-corrected chi connectivity index (χ0v) is 11.1. The summed E-state index contributed by atoms with van der Waals surface area (Å²) < 4.78 is 5.37. The number of anilines is 1. The largest absolute Gasteiger partial charge is 0.366 e. The molecule has 1 aromatic carbocycles. The van der Waals surface area contributed by atoms with E-state index < -0.39 is 6.29 Å². The van der Waals surface area contributed by atoms with E-state index in [-0.39, 0.29) is 11.6 Å². The average molecular weight is 256 g/mol. The maximum Gasteiger partial charge on any atom is 0.174 e. The zero-order chi connectivity index (χ0) is 12.6. The molecule has 0 aliphatic carbocycles. The fraction of sp³-hybridized carbons (Fsp3) is 0.538. The molecule has 0 spiro atoms. The standard InChI is InChI=1S/C13H18ClNO2/c1-9-12(16)17-8-13(2,3)15(9)11-6-4-5-10(14)7-11/h4-7,9,12,16H,8H2,1-3H3. The number of rotatable bonds is 1. The first kappa shape index (κ1) is 12.7. The highest BCUT2D eigenvalue weighted by atomic mass is 35.5. The third-order valence-corrected chi connectivity index (χ3v) is 3.40. The molecule has 0 saturated carbocycles. The van der Waals surface area contributed by atoms with Gasteiger partial charge in [-0.15, -0.1) is 0 Å². The Morgan fingerprint density at radius 3 is 2.82 bits per heavy atom. The van der Waals surface area contributed by atoms with Crippen LogP contribution in [0.15, 0.2) is 24.3 Å². The van der Waals surface area contributed by atoms with Gasteiger partial charge in [-0.25, -0.2) is 0 Å². The second-order valence-corrected chi connectivity index (χ2v) is 5.54. The van der Waals surface area contributed by atoms with Gasteiger partial charge < -0.3 is 14.7 Å². The molecule has 4 heteroatoms. The molecular formula is C13H18ClNO2. The van der Waals surface area contributed by atoms with Gasteiger partial charge >= 0.3 is 0 Å². The van der Waals surface area contributed by atoms with Gasteiger partial charge in [0.25, 0.3) is 0 Å². The van der Waals surface area contributed by atoms with Crippen LogP contribution in [0.25, 0.3) is 0 Å². The summed E-state index contributed by atoms with van der Waals surface area (Å²) in [6.45, 7) is 6.63. The van der Waals surface area contributed by atoms with Crippen molar-refractivity contribution in [2.75, 3.05) is 11.5 Å². The maximum atomic E-state index is 9.81. The Morgan fingerprint density at radius 2 is 2.18 bits per heavy atom. The molecule has 1 aliphatic heterocycles. The van der Waals surface area contributed by atoms with Crippen LogP contribution in [0.4, 0.5) is 5.69 Å². The van der Waals surface area contributed by atoms with Gasteiger partial charge in [0, 0.05) is 10.7 Å². The van der Waals surface area contributed by atoms with Crippen molar-refractivity contribution in [2.24, 2.45) is 0 Å². The molecule has 17 heavy (non-hydrogen) atoms. The van der Waals surface area contributed by atoms with Crippen molar-refractivity contribution in [1.82, 2.24) is 0 Å². The molecule has 2 unspecified atom stereocenters. The van der Waals surface area contributed by atoms with E-state index in [0.717, 1.165) is 5.69 Å². The minimum atomic E-state index is -0.762. The summed E-state index contributed by atoms with van der Waals surface area (Å²) in [4.78, 5) is 2.16. The number of aliphatic hydroxyl groups excluding tert-OH is 1. The minimum absolute atomic E-state index is 0.0998. The predicted octanol–water partition coefficient (Wildman–Crippen LogP) is 2.66. The SMILES string of the molecule is CC1C(O)OCC(C)(C)N1c1cccc(Cl)c1. The summed E-state index contributed by atoms with van der Waals surface area (Å²) >= 11 is 6.02. The van der Waals surface area contributed by atoms with Crippen LogP contribution in [0.1, 0.15) is 20.8 Å². The highest BCUT2D eigenvalue weighted by Gasteiger charge is 2.39. The van der Waals surface area contributed by atoms with E-state index in [1.54, 1.807) is 0 Å². The Bertz CT molecular complexity index is 408. The molecule has 2 atom stereocenters. The predicted molar refractivity (Wildman–Crippen MR) is 69.4 cm³/mol. The van der Waals surface area contributed by atoms with E-state index >= 15 is 0 Å². The van der Waals surface area contributed by atoms with E-state index in [2.05, 4.69) is 18.7 Å². The summed E-state index contributed by atoms with van der Waals surface area (Å²) in [5.74, 6) is 0. The van der Waals surface area contributed by atoms with Crippen LogP contribution in [-0.4, -0.2) is 29.6 Å². The number of hydrogen-bond acceptors (Lipinski definition) is 3. The third-order valence-electron chi connectivity index (χ3n) is 3.17. The lowest BCUT2D eigenvalue weighted by molar-refractivity contribution is -0.148. The molecule has 1 heterocycles. The molecule has 1 aliphatic rings. The van der Waals surface area contributed by atoms with Crippen LogP contribution < -0.4 is 4.90 Å². The number of benzene rings is 1. The molecule has 0 radical (unpaired) electrons. The normalized spacial score (nSPS) is 28.2. The summed E-state index contributed by atoms with van der Waals surface area (Å²) in [5, 5.41) is 10.5. The molecular weight excluding hydrogens is 238 g/mol. The summed E-state index contributed by atoms with van der Waals surface area (Å²) in [6.07, 6.45) is -0.762. The van der Waals surface area contributed by atoms with Gasteiger partial charge in [-0.2, -0.15) is 0 Å². The van der Waals surface area contributed by atoms with Crippen LogP contribution in [0.5, 0.6) is 0 Å². The second-order valence-electron chi connectivity index (χ2n) is 5.10. The molecule has 3 nitrogen and oxygen atoms in total. The van der Waals surface area contributed by atoms with Gasteiger partial charge in [0.1, 0.15) is 0 Å².